The number of fused-ring (bicyclic) bond motifs is 1. The maximum absolute atomic E-state index is 12.9. The van der Waals surface area contributed by atoms with E-state index in [2.05, 4.69) is 25.1 Å². The minimum atomic E-state index is 0.0760. The molecule has 1 aliphatic rings. The summed E-state index contributed by atoms with van der Waals surface area (Å²) in [5.74, 6) is 0.704. The molecule has 0 bridgehead atoms. The standard InChI is InChI=1S/C21H21N7O/c29-21(27-8-3-1-2-4-9-27)16-11-15-7-10-28(20(15)23-12-16)17-5-6-18(22-13-17)19-24-14-25-26-19/h5-7,10-14H,1-4,8-9H2,(H,24,25,26). The fourth-order valence-corrected chi connectivity index (χ4v) is 3.80. The first-order chi connectivity index (χ1) is 14.3. The molecule has 8 heteroatoms. The van der Waals surface area contributed by atoms with Crippen LogP contribution in [0.3, 0.4) is 0 Å². The molecular weight excluding hydrogens is 366 g/mol. The SMILES string of the molecule is O=C(c1cnc2c(ccn2-c2ccc(-c3ncn[nH]3)nc2)c1)N1CCCCCC1. The van der Waals surface area contributed by atoms with Crippen molar-refractivity contribution in [2.75, 3.05) is 13.1 Å². The number of carbonyl (C=O) groups excluding carboxylic acids is 1. The quantitative estimate of drug-likeness (QED) is 0.583. The van der Waals surface area contributed by atoms with Crippen molar-refractivity contribution in [1.82, 2.24) is 34.6 Å². The van der Waals surface area contributed by atoms with Crippen LogP contribution in [0.1, 0.15) is 36.0 Å². The molecule has 5 rings (SSSR count). The lowest BCUT2D eigenvalue weighted by atomic mass is 10.2. The molecule has 5 heterocycles. The zero-order chi connectivity index (χ0) is 19.6. The van der Waals surface area contributed by atoms with Crippen LogP contribution in [0.25, 0.3) is 28.2 Å². The molecule has 146 valence electrons. The number of likely N-dealkylation sites (tertiary alicyclic amines) is 1. The molecule has 8 nitrogen and oxygen atoms in total. The van der Waals surface area contributed by atoms with Crippen LogP contribution in [-0.2, 0) is 0 Å². The molecule has 4 aromatic rings. The van der Waals surface area contributed by atoms with Gasteiger partial charge in [-0.05, 0) is 37.1 Å². The molecule has 0 unspecified atom stereocenters. The largest absolute Gasteiger partial charge is 0.339 e. The van der Waals surface area contributed by atoms with Gasteiger partial charge in [0.2, 0.25) is 0 Å². The van der Waals surface area contributed by atoms with Crippen LogP contribution in [0.2, 0.25) is 0 Å². The Bertz CT molecular complexity index is 1120. The molecule has 0 atom stereocenters. The average Bonchev–Trinajstić information content (AvgIpc) is 3.37. The molecule has 4 aromatic heterocycles. The lowest BCUT2D eigenvalue weighted by Crippen LogP contribution is -2.31. The van der Waals surface area contributed by atoms with Gasteiger partial charge in [-0.2, -0.15) is 5.10 Å². The van der Waals surface area contributed by atoms with Crippen molar-refractivity contribution in [3.05, 3.63) is 54.7 Å². The fraction of sp³-hybridized carbons (Fsp3) is 0.286. The number of carbonyl (C=O) groups is 1. The summed E-state index contributed by atoms with van der Waals surface area (Å²) < 4.78 is 1.96. The maximum Gasteiger partial charge on any atom is 0.255 e. The zero-order valence-electron chi connectivity index (χ0n) is 16.0. The normalized spacial score (nSPS) is 14.8. The Labute approximate surface area is 167 Å². The summed E-state index contributed by atoms with van der Waals surface area (Å²) in [6.45, 7) is 1.67. The molecule has 29 heavy (non-hydrogen) atoms. The van der Waals surface area contributed by atoms with Crippen LogP contribution in [0.15, 0.2) is 49.2 Å². The number of H-pyrrole nitrogens is 1. The second-order valence-corrected chi connectivity index (χ2v) is 7.26. The number of rotatable bonds is 3. The van der Waals surface area contributed by atoms with E-state index in [0.29, 0.717) is 11.4 Å². The van der Waals surface area contributed by atoms with E-state index in [4.69, 9.17) is 0 Å². The van der Waals surface area contributed by atoms with E-state index in [1.165, 1.54) is 19.2 Å². The third-order valence-electron chi connectivity index (χ3n) is 5.35. The maximum atomic E-state index is 12.9. The third-order valence-corrected chi connectivity index (χ3v) is 5.35. The summed E-state index contributed by atoms with van der Waals surface area (Å²) in [7, 11) is 0. The predicted molar refractivity (Wildman–Crippen MR) is 109 cm³/mol. The molecule has 0 aliphatic carbocycles. The molecule has 0 aromatic carbocycles. The van der Waals surface area contributed by atoms with Gasteiger partial charge < -0.3 is 4.90 Å². The van der Waals surface area contributed by atoms with E-state index >= 15 is 0 Å². The Morgan fingerprint density at radius 2 is 1.83 bits per heavy atom. The van der Waals surface area contributed by atoms with Crippen molar-refractivity contribution in [3.8, 4) is 17.2 Å². The first kappa shape index (κ1) is 17.5. The summed E-state index contributed by atoms with van der Waals surface area (Å²) in [6.07, 6.45) is 11.4. The van der Waals surface area contributed by atoms with E-state index < -0.39 is 0 Å². The van der Waals surface area contributed by atoms with Gasteiger partial charge in [0.05, 0.1) is 17.4 Å². The lowest BCUT2D eigenvalue weighted by Gasteiger charge is -2.20. The highest BCUT2D eigenvalue weighted by atomic mass is 16.2. The Hall–Kier alpha value is -3.55. The first-order valence-corrected chi connectivity index (χ1v) is 9.88. The first-order valence-electron chi connectivity index (χ1n) is 9.88. The van der Waals surface area contributed by atoms with E-state index in [9.17, 15) is 4.79 Å². The number of aromatic nitrogens is 6. The molecular formula is C21H21N7O. The summed E-state index contributed by atoms with van der Waals surface area (Å²) in [4.78, 5) is 28.0. The Balaban J connectivity index is 1.42. The van der Waals surface area contributed by atoms with Gasteiger partial charge in [0.1, 0.15) is 17.7 Å². The van der Waals surface area contributed by atoms with Crippen LogP contribution < -0.4 is 0 Å². The minimum absolute atomic E-state index is 0.0760. The second-order valence-electron chi connectivity index (χ2n) is 7.26. The van der Waals surface area contributed by atoms with Crippen molar-refractivity contribution in [1.29, 1.82) is 0 Å². The number of nitrogens with zero attached hydrogens (tertiary/aromatic N) is 6. The van der Waals surface area contributed by atoms with Crippen LogP contribution in [0.4, 0.5) is 0 Å². The Morgan fingerprint density at radius 1 is 0.966 bits per heavy atom. The van der Waals surface area contributed by atoms with Crippen molar-refractivity contribution in [2.45, 2.75) is 25.7 Å². The van der Waals surface area contributed by atoms with Crippen molar-refractivity contribution < 1.29 is 4.79 Å². The van der Waals surface area contributed by atoms with Gasteiger partial charge in [-0.3, -0.25) is 19.4 Å². The lowest BCUT2D eigenvalue weighted by molar-refractivity contribution is 0.0761. The van der Waals surface area contributed by atoms with Crippen molar-refractivity contribution >= 4 is 16.9 Å². The number of pyridine rings is 2. The van der Waals surface area contributed by atoms with Gasteiger partial charge >= 0.3 is 0 Å². The topological polar surface area (TPSA) is 92.6 Å². The van der Waals surface area contributed by atoms with Crippen LogP contribution in [-0.4, -0.2) is 53.6 Å². The smallest absolute Gasteiger partial charge is 0.255 e. The number of amides is 1. The molecule has 1 saturated heterocycles. The van der Waals surface area contributed by atoms with Gasteiger partial charge in [-0.25, -0.2) is 9.97 Å². The van der Waals surface area contributed by atoms with Crippen LogP contribution >= 0.6 is 0 Å². The van der Waals surface area contributed by atoms with Gasteiger partial charge in [0.15, 0.2) is 5.82 Å². The second kappa shape index (κ2) is 7.46. The summed E-state index contributed by atoms with van der Waals surface area (Å²) >= 11 is 0. The van der Waals surface area contributed by atoms with Crippen molar-refractivity contribution in [2.24, 2.45) is 0 Å². The zero-order valence-corrected chi connectivity index (χ0v) is 16.0. The molecule has 0 spiro atoms. The van der Waals surface area contributed by atoms with Crippen LogP contribution in [0, 0.1) is 0 Å². The van der Waals surface area contributed by atoms with Gasteiger partial charge in [0.25, 0.3) is 5.91 Å². The summed E-state index contributed by atoms with van der Waals surface area (Å²) in [6, 6.07) is 7.76. The molecule has 0 saturated carbocycles. The predicted octanol–water partition coefficient (Wildman–Crippen LogP) is 3.22. The molecule has 1 aliphatic heterocycles. The Morgan fingerprint density at radius 3 is 2.55 bits per heavy atom. The number of hydrogen-bond acceptors (Lipinski definition) is 5. The van der Waals surface area contributed by atoms with E-state index in [1.807, 2.05) is 39.9 Å². The highest BCUT2D eigenvalue weighted by Gasteiger charge is 2.18. The molecule has 1 amide bonds. The van der Waals surface area contributed by atoms with Crippen LogP contribution in [0.5, 0.6) is 0 Å². The van der Waals surface area contributed by atoms with Gasteiger partial charge in [-0.1, -0.05) is 12.8 Å². The van der Waals surface area contributed by atoms with E-state index in [0.717, 1.165) is 48.3 Å². The number of aromatic amines is 1. The third kappa shape index (κ3) is 3.37. The fourth-order valence-electron chi connectivity index (χ4n) is 3.80. The highest BCUT2D eigenvalue weighted by Crippen LogP contribution is 2.22. The molecule has 1 N–H and O–H groups in total. The minimum Gasteiger partial charge on any atom is -0.339 e. The van der Waals surface area contributed by atoms with E-state index in [-0.39, 0.29) is 5.91 Å². The monoisotopic (exact) mass is 387 g/mol. The molecule has 0 radical (unpaired) electrons. The number of nitrogens with one attached hydrogen (secondary N) is 1. The van der Waals surface area contributed by atoms with E-state index in [1.54, 1.807) is 12.4 Å². The van der Waals surface area contributed by atoms with Gasteiger partial charge in [0, 0.05) is 30.9 Å². The number of hydrogen-bond donors (Lipinski definition) is 1. The summed E-state index contributed by atoms with van der Waals surface area (Å²) in [5, 5.41) is 7.59. The average molecular weight is 387 g/mol. The van der Waals surface area contributed by atoms with Crippen molar-refractivity contribution in [3.63, 3.8) is 0 Å². The highest BCUT2D eigenvalue weighted by molar-refractivity contribution is 5.97. The summed E-state index contributed by atoms with van der Waals surface area (Å²) in [5.41, 5.74) is 3.06. The van der Waals surface area contributed by atoms with Gasteiger partial charge in [-0.15, -0.1) is 0 Å². The molecule has 1 fully saturated rings. The Kier molecular flexibility index (Phi) is 4.51.